The highest BCUT2D eigenvalue weighted by molar-refractivity contribution is 5.65. The molecule has 42 heavy (non-hydrogen) atoms. The van der Waals surface area contributed by atoms with Gasteiger partial charge in [-0.15, -0.1) is 10.2 Å². The number of ether oxygens (including phenoxy) is 2. The number of hydrogen-bond donors (Lipinski definition) is 0. The van der Waals surface area contributed by atoms with Crippen molar-refractivity contribution in [2.75, 3.05) is 0 Å². The molecule has 0 radical (unpaired) electrons. The normalized spacial score (nSPS) is 18.0. The number of allylic oxidation sites excluding steroid dienone is 1. The second-order valence-corrected chi connectivity index (χ2v) is 9.09. The molecule has 0 spiro atoms. The smallest absolute Gasteiger partial charge is 0.426 e. The molecule has 0 saturated heterocycles. The number of hydrogen-bond acceptors (Lipinski definition) is 8. The van der Waals surface area contributed by atoms with Crippen molar-refractivity contribution in [2.45, 2.75) is 37.4 Å². The van der Waals surface area contributed by atoms with E-state index in [1.54, 1.807) is 36.4 Å². The molecular weight excluding hydrogens is 574 g/mol. The van der Waals surface area contributed by atoms with Gasteiger partial charge in [-0.05, 0) is 36.1 Å². The van der Waals surface area contributed by atoms with E-state index >= 15 is 0 Å². The number of pyridine rings is 1. The van der Waals surface area contributed by atoms with Gasteiger partial charge in [-0.3, -0.25) is 10.1 Å². The van der Waals surface area contributed by atoms with Gasteiger partial charge >= 0.3 is 18.0 Å². The van der Waals surface area contributed by atoms with E-state index in [4.69, 9.17) is 13.9 Å². The predicted octanol–water partition coefficient (Wildman–Crippen LogP) is 7.63. The number of aromatic nitrogens is 3. The molecule has 0 fully saturated rings. The molecule has 2 aromatic carbocycles. The number of rotatable bonds is 4. The Kier molecular flexibility index (Phi) is 7.45. The topological polar surface area (TPSA) is 113 Å². The van der Waals surface area contributed by atoms with Crippen molar-refractivity contribution in [2.24, 2.45) is 0 Å². The number of benzene rings is 2. The van der Waals surface area contributed by atoms with Crippen molar-refractivity contribution in [1.82, 2.24) is 15.2 Å². The van der Waals surface area contributed by atoms with Crippen LogP contribution in [0.5, 0.6) is 11.6 Å². The Morgan fingerprint density at radius 2 is 1.76 bits per heavy atom. The molecular formula is C27H18F6N4O5. The predicted molar refractivity (Wildman–Crippen MR) is 133 cm³/mol. The van der Waals surface area contributed by atoms with Gasteiger partial charge < -0.3 is 13.9 Å². The number of alkyl halides is 6. The van der Waals surface area contributed by atoms with Crippen LogP contribution in [-0.4, -0.2) is 26.3 Å². The fraction of sp³-hybridized carbons (Fsp3) is 0.222. The molecule has 15 heteroatoms. The van der Waals surface area contributed by atoms with Crippen LogP contribution in [0.4, 0.5) is 32.0 Å². The molecule has 6 bridgehead atoms. The lowest BCUT2D eigenvalue weighted by molar-refractivity contribution is -0.384. The average molecular weight is 592 g/mol. The lowest BCUT2D eigenvalue weighted by Gasteiger charge is -2.32. The summed E-state index contributed by atoms with van der Waals surface area (Å²) in [7, 11) is 0. The zero-order valence-corrected chi connectivity index (χ0v) is 21.1. The van der Waals surface area contributed by atoms with E-state index in [1.807, 2.05) is 0 Å². The van der Waals surface area contributed by atoms with Crippen LogP contribution in [0.15, 0.2) is 71.2 Å². The Morgan fingerprint density at radius 1 is 1.00 bits per heavy atom. The van der Waals surface area contributed by atoms with Crippen LogP contribution < -0.4 is 4.74 Å². The lowest BCUT2D eigenvalue weighted by atomic mass is 9.95. The van der Waals surface area contributed by atoms with E-state index in [2.05, 4.69) is 15.2 Å². The van der Waals surface area contributed by atoms with Gasteiger partial charge in [0.1, 0.15) is 11.3 Å². The molecule has 0 aliphatic carbocycles. The maximum Gasteiger partial charge on any atom is 0.426 e. The van der Waals surface area contributed by atoms with Gasteiger partial charge in [-0.1, -0.05) is 54.6 Å². The Morgan fingerprint density at radius 3 is 2.45 bits per heavy atom. The Bertz CT molecular complexity index is 1640. The van der Waals surface area contributed by atoms with Gasteiger partial charge in [0.15, 0.2) is 0 Å². The summed E-state index contributed by atoms with van der Waals surface area (Å²) < 4.78 is 102. The SMILES string of the molecule is O=[N+]([O-])c1cc(C(F)(F)F)c2nc1-c1nnc(o1)C(OCc1ccccc1)(C(F)(F)F)CC/C=C\c1cccc(c1)O2. The van der Waals surface area contributed by atoms with Crippen molar-refractivity contribution in [1.29, 1.82) is 0 Å². The minimum Gasteiger partial charge on any atom is -0.438 e. The van der Waals surface area contributed by atoms with Gasteiger partial charge in [0, 0.05) is 6.07 Å². The first-order valence-electron chi connectivity index (χ1n) is 12.2. The van der Waals surface area contributed by atoms with Crippen molar-refractivity contribution >= 4 is 11.8 Å². The summed E-state index contributed by atoms with van der Waals surface area (Å²) >= 11 is 0. The van der Waals surface area contributed by atoms with Gasteiger partial charge in [0.2, 0.25) is 17.2 Å². The summed E-state index contributed by atoms with van der Waals surface area (Å²) in [6.45, 7) is -0.527. The molecule has 9 nitrogen and oxygen atoms in total. The number of halogens is 6. The van der Waals surface area contributed by atoms with Crippen LogP contribution in [0.1, 0.15) is 35.4 Å². The first-order chi connectivity index (χ1) is 19.9. The summed E-state index contributed by atoms with van der Waals surface area (Å²) in [6, 6.07) is 13.7. The van der Waals surface area contributed by atoms with E-state index in [0.717, 1.165) is 0 Å². The molecule has 2 aromatic heterocycles. The molecule has 4 aromatic rings. The molecule has 3 heterocycles. The standard InChI is InChI=1S/C27H18F6N4O5/c28-26(29,30)19-14-20(37(38)39)21-23-35-36-24(42-23)25(27(31,32)33,40-15-17-8-2-1-3-9-17)12-5-4-7-16-10-6-11-18(13-16)41-22(19)34-21/h1-4,6-11,13-14H,5,12,15H2/b7-4-. The van der Waals surface area contributed by atoms with Crippen LogP contribution in [0.3, 0.4) is 0 Å². The summed E-state index contributed by atoms with van der Waals surface area (Å²) in [5.74, 6) is -3.28. The van der Waals surface area contributed by atoms with E-state index < -0.39 is 70.5 Å². The minimum absolute atomic E-state index is 0.119. The Balaban J connectivity index is 1.73. The molecule has 1 atom stereocenters. The van der Waals surface area contributed by atoms with Crippen LogP contribution in [0, 0.1) is 10.1 Å². The van der Waals surface area contributed by atoms with Crippen molar-refractivity contribution in [3.05, 3.63) is 99.4 Å². The third-order valence-electron chi connectivity index (χ3n) is 6.27. The Hall–Kier alpha value is -4.79. The van der Waals surface area contributed by atoms with E-state index in [-0.39, 0.29) is 18.2 Å². The van der Waals surface area contributed by atoms with E-state index in [0.29, 0.717) is 11.1 Å². The van der Waals surface area contributed by atoms with Crippen LogP contribution >= 0.6 is 0 Å². The molecule has 1 aliphatic rings. The van der Waals surface area contributed by atoms with E-state index in [1.165, 1.54) is 30.4 Å². The highest BCUT2D eigenvalue weighted by Gasteiger charge is 2.61. The van der Waals surface area contributed by atoms with E-state index in [9.17, 15) is 36.5 Å². The highest BCUT2D eigenvalue weighted by atomic mass is 19.4. The summed E-state index contributed by atoms with van der Waals surface area (Å²) in [6.07, 6.45) is -8.40. The molecule has 1 unspecified atom stereocenters. The zero-order valence-electron chi connectivity index (χ0n) is 21.1. The van der Waals surface area contributed by atoms with Crippen LogP contribution in [0.25, 0.3) is 17.7 Å². The first kappa shape index (κ1) is 28.7. The van der Waals surface area contributed by atoms with Gasteiger partial charge in [0.25, 0.3) is 11.8 Å². The minimum atomic E-state index is -5.15. The fourth-order valence-corrected chi connectivity index (χ4v) is 4.21. The van der Waals surface area contributed by atoms with Gasteiger partial charge in [-0.25, -0.2) is 4.98 Å². The third-order valence-corrected chi connectivity index (χ3v) is 6.27. The second-order valence-electron chi connectivity index (χ2n) is 9.09. The number of nitrogens with zero attached hydrogens (tertiary/aromatic N) is 4. The fourth-order valence-electron chi connectivity index (χ4n) is 4.21. The maximum absolute atomic E-state index is 14.8. The molecule has 0 N–H and O–H groups in total. The molecule has 1 aliphatic heterocycles. The monoisotopic (exact) mass is 592 g/mol. The van der Waals surface area contributed by atoms with Gasteiger partial charge in [-0.2, -0.15) is 26.3 Å². The van der Waals surface area contributed by atoms with Crippen LogP contribution in [-0.2, 0) is 23.1 Å². The van der Waals surface area contributed by atoms with Crippen LogP contribution in [0.2, 0.25) is 0 Å². The maximum atomic E-state index is 14.8. The van der Waals surface area contributed by atoms with Crippen molar-refractivity contribution < 1.29 is 45.2 Å². The van der Waals surface area contributed by atoms with Gasteiger partial charge in [0.05, 0.1) is 11.5 Å². The summed E-state index contributed by atoms with van der Waals surface area (Å²) in [5.41, 5.74) is -6.18. The number of nitro groups is 1. The van der Waals surface area contributed by atoms with Crippen molar-refractivity contribution in [3.63, 3.8) is 0 Å². The largest absolute Gasteiger partial charge is 0.438 e. The zero-order chi connectivity index (χ0) is 30.1. The highest BCUT2D eigenvalue weighted by Crippen LogP contribution is 2.48. The van der Waals surface area contributed by atoms with Crippen molar-refractivity contribution in [3.8, 4) is 23.2 Å². The molecule has 0 saturated carbocycles. The first-order valence-corrected chi connectivity index (χ1v) is 12.2. The summed E-state index contributed by atoms with van der Waals surface area (Å²) in [5, 5.41) is 18.8. The second kappa shape index (κ2) is 10.9. The third kappa shape index (κ3) is 5.68. The molecule has 0 amide bonds. The average Bonchev–Trinajstić information content (AvgIpc) is 3.42. The summed E-state index contributed by atoms with van der Waals surface area (Å²) in [4.78, 5) is 14.2. The number of fused-ring (bicyclic) bond motifs is 7. The molecule has 5 rings (SSSR count). The lowest BCUT2D eigenvalue weighted by Crippen LogP contribution is -2.45. The molecule has 218 valence electrons. The Labute approximate surface area is 232 Å². The quantitative estimate of drug-likeness (QED) is 0.135.